The number of phenolic OH excluding ortho intramolecular Hbond substituents is 1. The van der Waals surface area contributed by atoms with Crippen LogP contribution < -0.4 is 9.47 Å². The molecule has 21 heavy (non-hydrogen) atoms. The van der Waals surface area contributed by atoms with Gasteiger partial charge in [0.2, 0.25) is 0 Å². The minimum absolute atomic E-state index is 0.156. The van der Waals surface area contributed by atoms with Crippen LogP contribution in [-0.4, -0.2) is 25.4 Å². The van der Waals surface area contributed by atoms with Gasteiger partial charge in [0.15, 0.2) is 11.5 Å². The van der Waals surface area contributed by atoms with Gasteiger partial charge in [-0.15, -0.1) is 0 Å². The fourth-order valence-corrected chi connectivity index (χ4v) is 1.85. The van der Waals surface area contributed by atoms with Crippen molar-refractivity contribution in [2.24, 2.45) is 0 Å². The summed E-state index contributed by atoms with van der Waals surface area (Å²) in [5, 5.41) is 9.57. The van der Waals surface area contributed by atoms with Crippen molar-refractivity contribution in [2.75, 3.05) is 20.3 Å². The molecule has 0 atom stereocenters. The average molecular weight is 288 g/mol. The predicted octanol–water partition coefficient (Wildman–Crippen LogP) is 3.39. The second-order valence-electron chi connectivity index (χ2n) is 4.60. The van der Waals surface area contributed by atoms with Gasteiger partial charge in [0.1, 0.15) is 12.4 Å². The molecule has 0 fully saturated rings. The Labute approximate surface area is 124 Å². The van der Waals surface area contributed by atoms with Crippen LogP contribution in [0.3, 0.4) is 0 Å². The summed E-state index contributed by atoms with van der Waals surface area (Å²) in [4.78, 5) is 0. The van der Waals surface area contributed by atoms with Crippen molar-refractivity contribution >= 4 is 0 Å². The molecule has 1 N–H and O–H groups in total. The van der Waals surface area contributed by atoms with Gasteiger partial charge in [0.05, 0.1) is 6.61 Å². The Bertz CT molecular complexity index is 540. The summed E-state index contributed by atoms with van der Waals surface area (Å²) in [6.45, 7) is 1.61. The first-order chi connectivity index (χ1) is 10.3. The molecule has 112 valence electrons. The fourth-order valence-electron chi connectivity index (χ4n) is 1.85. The van der Waals surface area contributed by atoms with Gasteiger partial charge in [-0.2, -0.15) is 0 Å². The molecule has 0 aliphatic heterocycles. The molecule has 0 aromatic heterocycles. The Balaban J connectivity index is 1.97. The Morgan fingerprint density at radius 2 is 1.71 bits per heavy atom. The topological polar surface area (TPSA) is 47.9 Å². The van der Waals surface area contributed by atoms with E-state index in [0.29, 0.717) is 31.3 Å². The van der Waals surface area contributed by atoms with Crippen LogP contribution in [0.2, 0.25) is 0 Å². The molecule has 4 heteroatoms. The molecule has 2 aromatic rings. The maximum absolute atomic E-state index is 9.57. The van der Waals surface area contributed by atoms with Crippen molar-refractivity contribution in [3.8, 4) is 17.2 Å². The van der Waals surface area contributed by atoms with Gasteiger partial charge in [-0.25, -0.2) is 0 Å². The van der Waals surface area contributed by atoms with E-state index < -0.39 is 0 Å². The van der Waals surface area contributed by atoms with Crippen LogP contribution in [0.25, 0.3) is 0 Å². The minimum Gasteiger partial charge on any atom is -0.508 e. The number of hydrogen-bond acceptors (Lipinski definition) is 4. The van der Waals surface area contributed by atoms with E-state index in [4.69, 9.17) is 14.2 Å². The molecule has 0 unspecified atom stereocenters. The lowest BCUT2D eigenvalue weighted by Gasteiger charge is -2.13. The smallest absolute Gasteiger partial charge is 0.164 e. The van der Waals surface area contributed by atoms with E-state index in [-0.39, 0.29) is 5.75 Å². The first-order valence-electron chi connectivity index (χ1n) is 6.91. The zero-order chi connectivity index (χ0) is 14.9. The lowest BCUT2D eigenvalue weighted by atomic mass is 10.2. The Morgan fingerprint density at radius 1 is 0.905 bits per heavy atom. The van der Waals surface area contributed by atoms with Crippen molar-refractivity contribution < 1.29 is 19.3 Å². The van der Waals surface area contributed by atoms with Crippen molar-refractivity contribution in [2.45, 2.75) is 13.0 Å². The summed E-state index contributed by atoms with van der Waals surface area (Å²) in [7, 11) is 1.66. The van der Waals surface area contributed by atoms with Gasteiger partial charge >= 0.3 is 0 Å². The molecule has 2 aromatic carbocycles. The van der Waals surface area contributed by atoms with Gasteiger partial charge in [0, 0.05) is 26.2 Å². The monoisotopic (exact) mass is 288 g/mol. The molecule has 0 heterocycles. The van der Waals surface area contributed by atoms with E-state index in [0.717, 1.165) is 12.0 Å². The summed E-state index contributed by atoms with van der Waals surface area (Å²) < 4.78 is 16.4. The molecule has 0 bridgehead atoms. The van der Waals surface area contributed by atoms with Crippen LogP contribution in [0.5, 0.6) is 17.2 Å². The number of phenols is 1. The normalized spacial score (nSPS) is 10.3. The summed E-state index contributed by atoms with van der Waals surface area (Å²) >= 11 is 0. The van der Waals surface area contributed by atoms with Crippen LogP contribution in [0.4, 0.5) is 0 Å². The highest BCUT2D eigenvalue weighted by molar-refractivity contribution is 5.45. The maximum atomic E-state index is 9.57. The summed E-state index contributed by atoms with van der Waals surface area (Å²) in [5.74, 6) is 1.32. The van der Waals surface area contributed by atoms with Crippen molar-refractivity contribution in [1.82, 2.24) is 0 Å². The lowest BCUT2D eigenvalue weighted by molar-refractivity contribution is 0.169. The van der Waals surface area contributed by atoms with E-state index in [9.17, 15) is 5.11 Å². The lowest BCUT2D eigenvalue weighted by Crippen LogP contribution is -2.03. The quantitative estimate of drug-likeness (QED) is 0.756. The predicted molar refractivity (Wildman–Crippen MR) is 80.9 cm³/mol. The van der Waals surface area contributed by atoms with Crippen LogP contribution in [0.1, 0.15) is 12.0 Å². The second kappa shape index (κ2) is 8.17. The van der Waals surface area contributed by atoms with E-state index in [2.05, 4.69) is 0 Å². The van der Waals surface area contributed by atoms with Gasteiger partial charge in [-0.1, -0.05) is 30.3 Å². The van der Waals surface area contributed by atoms with Gasteiger partial charge < -0.3 is 19.3 Å². The Morgan fingerprint density at radius 3 is 2.48 bits per heavy atom. The standard InChI is InChI=1S/C17H20O4/c1-19-10-5-11-20-17-12-15(18)8-9-16(17)21-13-14-6-3-2-4-7-14/h2-4,6-9,12,18H,5,10-11,13H2,1H3. The van der Waals surface area contributed by atoms with Crippen LogP contribution in [0, 0.1) is 0 Å². The molecule has 0 spiro atoms. The van der Waals surface area contributed by atoms with Gasteiger partial charge in [-0.05, 0) is 17.7 Å². The van der Waals surface area contributed by atoms with Crippen molar-refractivity contribution in [3.63, 3.8) is 0 Å². The number of aromatic hydroxyl groups is 1. The largest absolute Gasteiger partial charge is 0.508 e. The number of rotatable bonds is 8. The molecule has 0 aliphatic carbocycles. The Hall–Kier alpha value is -2.20. The molecular formula is C17H20O4. The third-order valence-electron chi connectivity index (χ3n) is 2.91. The van der Waals surface area contributed by atoms with Gasteiger partial charge in [0.25, 0.3) is 0 Å². The van der Waals surface area contributed by atoms with E-state index >= 15 is 0 Å². The molecule has 2 rings (SSSR count). The highest BCUT2D eigenvalue weighted by Gasteiger charge is 2.07. The average Bonchev–Trinajstić information content (AvgIpc) is 2.52. The van der Waals surface area contributed by atoms with E-state index in [1.54, 1.807) is 25.3 Å². The minimum atomic E-state index is 0.156. The third-order valence-corrected chi connectivity index (χ3v) is 2.91. The van der Waals surface area contributed by atoms with E-state index in [1.807, 2.05) is 30.3 Å². The fraction of sp³-hybridized carbons (Fsp3) is 0.294. The zero-order valence-electron chi connectivity index (χ0n) is 12.1. The van der Waals surface area contributed by atoms with Crippen LogP contribution in [-0.2, 0) is 11.3 Å². The first-order valence-corrected chi connectivity index (χ1v) is 6.91. The number of ether oxygens (including phenoxy) is 3. The second-order valence-corrected chi connectivity index (χ2v) is 4.60. The Kier molecular flexibility index (Phi) is 5.91. The number of hydrogen-bond donors (Lipinski definition) is 1. The highest BCUT2D eigenvalue weighted by Crippen LogP contribution is 2.31. The molecule has 0 aliphatic rings. The third kappa shape index (κ3) is 5.00. The summed E-state index contributed by atoms with van der Waals surface area (Å²) in [5.41, 5.74) is 1.08. The van der Waals surface area contributed by atoms with Crippen LogP contribution >= 0.6 is 0 Å². The molecule has 0 amide bonds. The molecule has 4 nitrogen and oxygen atoms in total. The van der Waals surface area contributed by atoms with Gasteiger partial charge in [-0.3, -0.25) is 0 Å². The maximum Gasteiger partial charge on any atom is 0.164 e. The summed E-state index contributed by atoms with van der Waals surface area (Å²) in [6.07, 6.45) is 0.782. The summed E-state index contributed by atoms with van der Waals surface area (Å²) in [6, 6.07) is 14.8. The van der Waals surface area contributed by atoms with E-state index in [1.165, 1.54) is 0 Å². The highest BCUT2D eigenvalue weighted by atomic mass is 16.5. The van der Waals surface area contributed by atoms with Crippen molar-refractivity contribution in [1.29, 1.82) is 0 Å². The molecule has 0 radical (unpaired) electrons. The van der Waals surface area contributed by atoms with Crippen molar-refractivity contribution in [3.05, 3.63) is 54.1 Å². The zero-order valence-corrected chi connectivity index (χ0v) is 12.1. The molecular weight excluding hydrogens is 268 g/mol. The first kappa shape index (κ1) is 15.2. The number of benzene rings is 2. The SMILES string of the molecule is COCCCOc1cc(O)ccc1OCc1ccccc1. The molecule has 0 saturated heterocycles. The molecule has 0 saturated carbocycles. The van der Waals surface area contributed by atoms with Crippen LogP contribution in [0.15, 0.2) is 48.5 Å². The number of methoxy groups -OCH3 is 1.